The zero-order valence-corrected chi connectivity index (χ0v) is 11.5. The highest BCUT2D eigenvalue weighted by atomic mass is 16.7. The predicted molar refractivity (Wildman–Crippen MR) is 82.3 cm³/mol. The van der Waals surface area contributed by atoms with Gasteiger partial charge in [-0.3, -0.25) is 4.98 Å². The van der Waals surface area contributed by atoms with Gasteiger partial charge in [0, 0.05) is 23.3 Å². The molecule has 0 unspecified atom stereocenters. The van der Waals surface area contributed by atoms with Crippen molar-refractivity contribution in [2.45, 2.75) is 0 Å². The van der Waals surface area contributed by atoms with E-state index in [1.807, 2.05) is 42.5 Å². The minimum atomic E-state index is 0.237. The summed E-state index contributed by atoms with van der Waals surface area (Å²) in [6.45, 7) is 0.237. The predicted octanol–water partition coefficient (Wildman–Crippen LogP) is 3.58. The van der Waals surface area contributed by atoms with Gasteiger partial charge >= 0.3 is 0 Å². The lowest BCUT2D eigenvalue weighted by Gasteiger charge is -2.11. The van der Waals surface area contributed by atoms with Crippen LogP contribution in [0.5, 0.6) is 11.5 Å². The van der Waals surface area contributed by atoms with Crippen molar-refractivity contribution in [1.82, 2.24) is 4.98 Å². The molecule has 0 radical (unpaired) electrons. The second-order valence-electron chi connectivity index (χ2n) is 4.87. The summed E-state index contributed by atoms with van der Waals surface area (Å²) in [7, 11) is 0. The van der Waals surface area contributed by atoms with Crippen LogP contribution in [0, 0.1) is 11.3 Å². The number of nitrogens with one attached hydrogen (secondary N) is 1. The number of fused-ring (bicyclic) bond motifs is 2. The van der Waals surface area contributed by atoms with Crippen molar-refractivity contribution in [3.63, 3.8) is 0 Å². The highest BCUT2D eigenvalue weighted by molar-refractivity contribution is 5.95. The maximum absolute atomic E-state index is 9.34. The molecule has 1 N–H and O–H groups in total. The molecule has 1 aromatic heterocycles. The number of pyridine rings is 1. The van der Waals surface area contributed by atoms with Gasteiger partial charge in [-0.1, -0.05) is 18.2 Å². The number of benzene rings is 2. The third kappa shape index (κ3) is 1.98. The van der Waals surface area contributed by atoms with E-state index in [0.29, 0.717) is 11.3 Å². The number of para-hydroxylation sites is 1. The molecule has 0 saturated carbocycles. The monoisotopic (exact) mass is 289 g/mol. The minimum absolute atomic E-state index is 0.237. The fourth-order valence-electron chi connectivity index (χ4n) is 2.48. The summed E-state index contributed by atoms with van der Waals surface area (Å²) in [4.78, 5) is 4.30. The lowest BCUT2D eigenvalue weighted by Crippen LogP contribution is -1.96. The van der Waals surface area contributed by atoms with E-state index in [4.69, 9.17) is 9.47 Å². The number of nitrogens with zero attached hydrogens (tertiary/aromatic N) is 2. The van der Waals surface area contributed by atoms with Crippen LogP contribution >= 0.6 is 0 Å². The van der Waals surface area contributed by atoms with E-state index in [1.54, 1.807) is 6.20 Å². The van der Waals surface area contributed by atoms with Crippen molar-refractivity contribution >= 4 is 22.3 Å². The first-order chi connectivity index (χ1) is 10.8. The Hall–Kier alpha value is -3.26. The largest absolute Gasteiger partial charge is 0.454 e. The van der Waals surface area contributed by atoms with E-state index in [0.717, 1.165) is 28.0 Å². The summed E-state index contributed by atoms with van der Waals surface area (Å²) in [5, 5.41) is 13.5. The molecular weight excluding hydrogens is 278 g/mol. The van der Waals surface area contributed by atoms with E-state index in [-0.39, 0.29) is 6.79 Å². The van der Waals surface area contributed by atoms with Crippen molar-refractivity contribution < 1.29 is 9.47 Å². The minimum Gasteiger partial charge on any atom is -0.454 e. The van der Waals surface area contributed by atoms with E-state index < -0.39 is 0 Å². The van der Waals surface area contributed by atoms with Gasteiger partial charge in [-0.2, -0.15) is 5.26 Å². The molecule has 0 spiro atoms. The van der Waals surface area contributed by atoms with Gasteiger partial charge in [0.2, 0.25) is 6.79 Å². The summed E-state index contributed by atoms with van der Waals surface area (Å²) < 4.78 is 10.7. The van der Waals surface area contributed by atoms with Crippen LogP contribution in [-0.2, 0) is 0 Å². The van der Waals surface area contributed by atoms with Crippen LogP contribution in [0.15, 0.2) is 48.7 Å². The molecule has 0 bridgehead atoms. The first-order valence-corrected chi connectivity index (χ1v) is 6.80. The Balaban J connectivity index is 1.82. The molecule has 2 heterocycles. The van der Waals surface area contributed by atoms with Crippen molar-refractivity contribution in [3.8, 4) is 17.6 Å². The number of anilines is 2. The summed E-state index contributed by atoms with van der Waals surface area (Å²) in [6, 6.07) is 15.5. The molecule has 5 nitrogen and oxygen atoms in total. The molecule has 5 heteroatoms. The van der Waals surface area contributed by atoms with Crippen LogP contribution < -0.4 is 14.8 Å². The number of rotatable bonds is 2. The molecule has 4 rings (SSSR count). The van der Waals surface area contributed by atoms with E-state index >= 15 is 0 Å². The van der Waals surface area contributed by atoms with Gasteiger partial charge in [0.25, 0.3) is 0 Å². The van der Waals surface area contributed by atoms with Crippen molar-refractivity contribution in [2.24, 2.45) is 0 Å². The quantitative estimate of drug-likeness (QED) is 0.781. The normalized spacial score (nSPS) is 12.1. The molecule has 0 aliphatic carbocycles. The smallest absolute Gasteiger partial charge is 0.231 e. The zero-order chi connectivity index (χ0) is 14.9. The number of nitriles is 1. The molecule has 3 aromatic rings. The zero-order valence-electron chi connectivity index (χ0n) is 11.5. The van der Waals surface area contributed by atoms with E-state index in [2.05, 4.69) is 16.4 Å². The average molecular weight is 289 g/mol. The van der Waals surface area contributed by atoms with Gasteiger partial charge in [-0.25, -0.2) is 0 Å². The van der Waals surface area contributed by atoms with E-state index in [1.165, 1.54) is 0 Å². The van der Waals surface area contributed by atoms with Crippen LogP contribution in [0.4, 0.5) is 11.4 Å². The number of hydrogen-bond donors (Lipinski definition) is 1. The van der Waals surface area contributed by atoms with Crippen molar-refractivity contribution in [2.75, 3.05) is 12.1 Å². The maximum atomic E-state index is 9.34. The third-order valence-corrected chi connectivity index (χ3v) is 3.54. The number of hydrogen-bond acceptors (Lipinski definition) is 5. The Labute approximate surface area is 126 Å². The SMILES string of the molecule is N#Cc1cnc2ccccc2c1Nc1ccc2c(c1)OCO2. The van der Waals surface area contributed by atoms with Crippen molar-refractivity contribution in [1.29, 1.82) is 5.26 Å². The molecule has 1 aliphatic rings. The number of ether oxygens (including phenoxy) is 2. The Bertz CT molecular complexity index is 915. The summed E-state index contributed by atoms with van der Waals surface area (Å²) in [6.07, 6.45) is 1.58. The molecule has 0 saturated heterocycles. The van der Waals surface area contributed by atoms with Crippen LogP contribution in [0.1, 0.15) is 5.56 Å². The third-order valence-electron chi connectivity index (χ3n) is 3.54. The molecule has 0 atom stereocenters. The van der Waals surface area contributed by atoms with Gasteiger partial charge in [-0.05, 0) is 18.2 Å². The highest BCUT2D eigenvalue weighted by Crippen LogP contribution is 2.36. The fourth-order valence-corrected chi connectivity index (χ4v) is 2.48. The number of aromatic nitrogens is 1. The van der Waals surface area contributed by atoms with E-state index in [9.17, 15) is 5.26 Å². The molecule has 2 aromatic carbocycles. The molecule has 0 amide bonds. The summed E-state index contributed by atoms with van der Waals surface area (Å²) >= 11 is 0. The summed E-state index contributed by atoms with van der Waals surface area (Å²) in [5.41, 5.74) is 2.91. The first-order valence-electron chi connectivity index (χ1n) is 6.80. The van der Waals surface area contributed by atoms with Crippen LogP contribution in [0.25, 0.3) is 10.9 Å². The van der Waals surface area contributed by atoms with Gasteiger partial charge < -0.3 is 14.8 Å². The first kappa shape index (κ1) is 12.5. The second-order valence-corrected chi connectivity index (χ2v) is 4.87. The Kier molecular flexibility index (Phi) is 2.80. The molecule has 22 heavy (non-hydrogen) atoms. The topological polar surface area (TPSA) is 67.2 Å². The van der Waals surface area contributed by atoms with Crippen molar-refractivity contribution in [3.05, 3.63) is 54.2 Å². The van der Waals surface area contributed by atoms with Gasteiger partial charge in [0.15, 0.2) is 11.5 Å². The Morgan fingerprint density at radius 3 is 2.86 bits per heavy atom. The highest BCUT2D eigenvalue weighted by Gasteiger charge is 2.15. The lowest BCUT2D eigenvalue weighted by atomic mass is 10.1. The fraction of sp³-hybridized carbons (Fsp3) is 0.0588. The van der Waals surface area contributed by atoms with Crippen LogP contribution in [-0.4, -0.2) is 11.8 Å². The van der Waals surface area contributed by atoms with Gasteiger partial charge in [0.05, 0.1) is 16.8 Å². The molecular formula is C17H11N3O2. The maximum Gasteiger partial charge on any atom is 0.231 e. The second kappa shape index (κ2) is 4.93. The van der Waals surface area contributed by atoms with Gasteiger partial charge in [0.1, 0.15) is 6.07 Å². The molecule has 1 aliphatic heterocycles. The molecule has 0 fully saturated rings. The Morgan fingerprint density at radius 2 is 1.95 bits per heavy atom. The Morgan fingerprint density at radius 1 is 1.09 bits per heavy atom. The van der Waals surface area contributed by atoms with Crippen LogP contribution in [0.2, 0.25) is 0 Å². The van der Waals surface area contributed by atoms with Crippen LogP contribution in [0.3, 0.4) is 0 Å². The summed E-state index contributed by atoms with van der Waals surface area (Å²) in [5.74, 6) is 1.42. The lowest BCUT2D eigenvalue weighted by molar-refractivity contribution is 0.174. The standard InChI is InChI=1S/C17H11N3O2/c18-8-11-9-19-14-4-2-1-3-13(14)17(11)20-12-5-6-15-16(7-12)22-10-21-15/h1-7,9H,10H2,(H,19,20). The van der Waals surface area contributed by atoms with Gasteiger partial charge in [-0.15, -0.1) is 0 Å². The average Bonchev–Trinajstić information content (AvgIpc) is 3.03. The molecule has 106 valence electrons.